The van der Waals surface area contributed by atoms with Gasteiger partial charge in [0.2, 0.25) is 18.6 Å². The van der Waals surface area contributed by atoms with Crippen LogP contribution < -0.4 is 25.0 Å². The normalized spacial score (nSPS) is 16.9. The first-order valence-corrected chi connectivity index (χ1v) is 11.0. The van der Waals surface area contributed by atoms with Gasteiger partial charge in [0, 0.05) is 38.1 Å². The summed E-state index contributed by atoms with van der Waals surface area (Å²) in [6, 6.07) is 6.32. The number of aromatic nitrogens is 4. The summed E-state index contributed by atoms with van der Waals surface area (Å²) in [5.74, 6) is 3.67. The zero-order valence-electron chi connectivity index (χ0n) is 17.9. The van der Waals surface area contributed by atoms with Gasteiger partial charge in [-0.2, -0.15) is 4.98 Å². The Morgan fingerprint density at radius 2 is 2.15 bits per heavy atom. The fraction of sp³-hybridized carbons (Fsp3) is 0.273. The molecule has 1 aromatic carbocycles. The van der Waals surface area contributed by atoms with Gasteiger partial charge in [-0.3, -0.25) is 14.7 Å². The highest BCUT2D eigenvalue weighted by Crippen LogP contribution is 2.32. The first-order valence-electron chi connectivity index (χ1n) is 10.6. The van der Waals surface area contributed by atoms with Crippen molar-refractivity contribution in [2.24, 2.45) is 0 Å². The minimum atomic E-state index is -0.881. The summed E-state index contributed by atoms with van der Waals surface area (Å²) < 4.78 is 12.3. The number of rotatable bonds is 6. The molecule has 12 heteroatoms. The molecule has 0 bridgehead atoms. The number of hydrogen-bond acceptors (Lipinski definition) is 9. The van der Waals surface area contributed by atoms with Crippen molar-refractivity contribution in [1.29, 1.82) is 0 Å². The van der Waals surface area contributed by atoms with Crippen molar-refractivity contribution < 1.29 is 19.1 Å². The molecule has 1 amide bonds. The Balaban J connectivity index is 1.28. The lowest BCUT2D eigenvalue weighted by molar-refractivity contribution is -0.122. The molecule has 0 aliphatic carbocycles. The molecule has 34 heavy (non-hydrogen) atoms. The van der Waals surface area contributed by atoms with Crippen LogP contribution in [0.25, 0.3) is 5.95 Å². The molecule has 0 saturated carbocycles. The number of amides is 1. The van der Waals surface area contributed by atoms with Crippen LogP contribution in [-0.4, -0.2) is 63.8 Å². The zero-order chi connectivity index (χ0) is 23.5. The van der Waals surface area contributed by atoms with Crippen LogP contribution in [0.3, 0.4) is 0 Å². The Morgan fingerprint density at radius 1 is 1.26 bits per heavy atom. The summed E-state index contributed by atoms with van der Waals surface area (Å²) in [7, 11) is 0. The van der Waals surface area contributed by atoms with E-state index in [1.165, 1.54) is 0 Å². The highest BCUT2D eigenvalue weighted by Gasteiger charge is 2.33. The predicted octanol–water partition coefficient (Wildman–Crippen LogP) is 0.897. The highest BCUT2D eigenvalue weighted by molar-refractivity contribution is 6.29. The molecular formula is C22H20ClN7O4. The van der Waals surface area contributed by atoms with Crippen molar-refractivity contribution in [3.05, 3.63) is 59.4 Å². The van der Waals surface area contributed by atoms with Gasteiger partial charge in [0.05, 0.1) is 0 Å². The van der Waals surface area contributed by atoms with E-state index in [0.29, 0.717) is 49.3 Å². The van der Waals surface area contributed by atoms with Crippen LogP contribution in [0.5, 0.6) is 11.5 Å². The SMILES string of the molecule is O=C=C1C(C(=O)NCCc2ccc3c(c2)OCO3)NCCN1c1cc(Cl)nc(-n2ccnc2)n1. The maximum Gasteiger partial charge on any atom is 0.244 e. The van der Waals surface area contributed by atoms with Gasteiger partial charge in [-0.25, -0.2) is 14.8 Å². The Bertz CT molecular complexity index is 1260. The molecule has 5 rings (SSSR count). The van der Waals surface area contributed by atoms with Gasteiger partial charge in [-0.05, 0) is 24.1 Å². The lowest BCUT2D eigenvalue weighted by Crippen LogP contribution is -2.56. The monoisotopic (exact) mass is 481 g/mol. The van der Waals surface area contributed by atoms with Gasteiger partial charge in [0.15, 0.2) is 11.5 Å². The lowest BCUT2D eigenvalue weighted by Gasteiger charge is -2.34. The molecule has 4 heterocycles. The average Bonchev–Trinajstić information content (AvgIpc) is 3.55. The van der Waals surface area contributed by atoms with Crippen molar-refractivity contribution in [3.63, 3.8) is 0 Å². The molecule has 1 fully saturated rings. The van der Waals surface area contributed by atoms with E-state index in [0.717, 1.165) is 5.56 Å². The van der Waals surface area contributed by atoms with Gasteiger partial charge in [-0.15, -0.1) is 0 Å². The van der Waals surface area contributed by atoms with Gasteiger partial charge in [-0.1, -0.05) is 17.7 Å². The van der Waals surface area contributed by atoms with E-state index in [1.807, 2.05) is 24.1 Å². The highest BCUT2D eigenvalue weighted by atomic mass is 35.5. The van der Waals surface area contributed by atoms with E-state index < -0.39 is 6.04 Å². The number of nitrogens with one attached hydrogen (secondary N) is 2. The van der Waals surface area contributed by atoms with E-state index in [-0.39, 0.29) is 23.6 Å². The molecule has 2 N–H and O–H groups in total. The van der Waals surface area contributed by atoms with Gasteiger partial charge in [0.25, 0.3) is 0 Å². The molecule has 0 radical (unpaired) electrons. The number of nitrogens with zero attached hydrogens (tertiary/aromatic N) is 5. The number of anilines is 1. The van der Waals surface area contributed by atoms with Crippen molar-refractivity contribution in [1.82, 2.24) is 30.2 Å². The van der Waals surface area contributed by atoms with Crippen LogP contribution in [0.15, 0.2) is 48.7 Å². The second-order valence-corrected chi connectivity index (χ2v) is 7.96. The van der Waals surface area contributed by atoms with Crippen LogP contribution >= 0.6 is 11.6 Å². The fourth-order valence-electron chi connectivity index (χ4n) is 3.82. The average molecular weight is 482 g/mol. The van der Waals surface area contributed by atoms with Crippen LogP contribution in [-0.2, 0) is 16.0 Å². The molecule has 3 aromatic rings. The van der Waals surface area contributed by atoms with Gasteiger partial charge < -0.3 is 19.7 Å². The number of piperazine rings is 1. The first-order chi connectivity index (χ1) is 16.6. The zero-order valence-corrected chi connectivity index (χ0v) is 18.7. The molecule has 174 valence electrons. The summed E-state index contributed by atoms with van der Waals surface area (Å²) in [5, 5.41) is 6.15. The molecule has 1 atom stereocenters. The quantitative estimate of drug-likeness (QED) is 0.390. The number of benzene rings is 1. The minimum absolute atomic E-state index is 0.123. The number of hydrogen-bond donors (Lipinski definition) is 2. The van der Waals surface area contributed by atoms with Crippen molar-refractivity contribution in [2.45, 2.75) is 12.5 Å². The number of ether oxygens (including phenoxy) is 2. The number of halogens is 1. The molecule has 2 aliphatic heterocycles. The Kier molecular flexibility index (Phi) is 6.13. The topological polar surface area (TPSA) is 124 Å². The molecule has 2 aliphatic rings. The fourth-order valence-corrected chi connectivity index (χ4v) is 3.99. The van der Waals surface area contributed by atoms with Crippen LogP contribution in [0.2, 0.25) is 5.15 Å². The van der Waals surface area contributed by atoms with Crippen molar-refractivity contribution in [3.8, 4) is 17.4 Å². The summed E-state index contributed by atoms with van der Waals surface area (Å²) in [4.78, 5) is 39.1. The first kappa shape index (κ1) is 21.9. The molecule has 1 unspecified atom stereocenters. The van der Waals surface area contributed by atoms with E-state index in [9.17, 15) is 9.59 Å². The third-order valence-corrected chi connectivity index (χ3v) is 5.64. The molecule has 2 aromatic heterocycles. The molecular weight excluding hydrogens is 462 g/mol. The van der Waals surface area contributed by atoms with Gasteiger partial charge in [0.1, 0.15) is 35.0 Å². The third kappa shape index (κ3) is 4.44. The summed E-state index contributed by atoms with van der Waals surface area (Å²) >= 11 is 6.21. The minimum Gasteiger partial charge on any atom is -0.454 e. The maximum absolute atomic E-state index is 12.9. The summed E-state index contributed by atoms with van der Waals surface area (Å²) in [5.41, 5.74) is 1.12. The standard InChI is InChI=1S/C22H20ClN7O4/c23-18-10-19(28-22(27-18)29-7-5-24-12-29)30-8-6-25-20(15(30)11-31)21(32)26-4-3-14-1-2-16-17(9-14)34-13-33-16/h1-2,5,7,9-10,12,20,25H,3-4,6,8,13H2,(H,26,32). The summed E-state index contributed by atoms with van der Waals surface area (Å²) in [6.07, 6.45) is 5.41. The Labute approximate surface area is 199 Å². The number of imidazole rings is 1. The van der Waals surface area contributed by atoms with E-state index in [4.69, 9.17) is 21.1 Å². The van der Waals surface area contributed by atoms with E-state index in [2.05, 4.69) is 25.6 Å². The van der Waals surface area contributed by atoms with Gasteiger partial charge >= 0.3 is 0 Å². The number of carbonyl (C=O) groups excluding carboxylic acids is 2. The molecule has 0 spiro atoms. The van der Waals surface area contributed by atoms with Crippen molar-refractivity contribution in [2.75, 3.05) is 31.3 Å². The van der Waals surface area contributed by atoms with Crippen LogP contribution in [0.1, 0.15) is 5.56 Å². The van der Waals surface area contributed by atoms with E-state index in [1.54, 1.807) is 34.3 Å². The van der Waals surface area contributed by atoms with Crippen LogP contribution in [0.4, 0.5) is 5.82 Å². The Hall–Kier alpha value is -3.92. The Morgan fingerprint density at radius 3 is 2.97 bits per heavy atom. The van der Waals surface area contributed by atoms with Crippen LogP contribution in [0, 0.1) is 0 Å². The smallest absolute Gasteiger partial charge is 0.244 e. The second kappa shape index (κ2) is 9.52. The lowest BCUT2D eigenvalue weighted by atomic mass is 10.1. The number of carbonyl (C=O) groups is 1. The van der Waals surface area contributed by atoms with Crippen molar-refractivity contribution >= 4 is 29.3 Å². The second-order valence-electron chi connectivity index (χ2n) is 7.57. The predicted molar refractivity (Wildman–Crippen MR) is 122 cm³/mol. The molecule has 11 nitrogen and oxygen atoms in total. The third-order valence-electron chi connectivity index (χ3n) is 5.45. The van der Waals surface area contributed by atoms with E-state index >= 15 is 0 Å². The maximum atomic E-state index is 12.9. The summed E-state index contributed by atoms with van der Waals surface area (Å²) in [6.45, 7) is 1.45. The largest absolute Gasteiger partial charge is 0.454 e. The number of fused-ring (bicyclic) bond motifs is 1. The molecule has 1 saturated heterocycles.